The first kappa shape index (κ1) is 27.9. The van der Waals surface area contributed by atoms with Crippen LogP contribution in [0.3, 0.4) is 0 Å². The Hall–Kier alpha value is -4.89. The molecule has 44 heavy (non-hydrogen) atoms. The number of fused-ring (bicyclic) bond motifs is 1. The molecule has 216 valence electrons. The van der Waals surface area contributed by atoms with E-state index in [-0.39, 0.29) is 10.8 Å². The smallest absolute Gasteiger partial charge is 0.164 e. The van der Waals surface area contributed by atoms with E-state index in [4.69, 9.17) is 15.0 Å². The molecule has 0 unspecified atom stereocenters. The average molecular weight is 572 g/mol. The molecule has 0 spiro atoms. The number of nitrogens with zero attached hydrogens (tertiary/aromatic N) is 3. The fourth-order valence-corrected chi connectivity index (χ4v) is 6.43. The molecule has 5 aromatic carbocycles. The van der Waals surface area contributed by atoms with Gasteiger partial charge >= 0.3 is 0 Å². The molecular formula is C41H37N3. The fourth-order valence-electron chi connectivity index (χ4n) is 6.43. The van der Waals surface area contributed by atoms with Gasteiger partial charge in [0.2, 0.25) is 0 Å². The van der Waals surface area contributed by atoms with E-state index in [0.717, 1.165) is 45.4 Å². The summed E-state index contributed by atoms with van der Waals surface area (Å²) >= 11 is 0. The van der Waals surface area contributed by atoms with Gasteiger partial charge in [0.25, 0.3) is 0 Å². The largest absolute Gasteiger partial charge is 0.208 e. The van der Waals surface area contributed by atoms with Gasteiger partial charge < -0.3 is 0 Å². The van der Waals surface area contributed by atoms with Crippen LogP contribution >= 0.6 is 0 Å². The molecule has 0 saturated carbocycles. The van der Waals surface area contributed by atoms with Crippen molar-refractivity contribution in [3.8, 4) is 56.4 Å². The van der Waals surface area contributed by atoms with Crippen LogP contribution in [0.1, 0.15) is 51.7 Å². The summed E-state index contributed by atoms with van der Waals surface area (Å²) in [5, 5.41) is 0. The van der Waals surface area contributed by atoms with Crippen LogP contribution in [0.2, 0.25) is 0 Å². The van der Waals surface area contributed by atoms with Crippen LogP contribution in [0.4, 0.5) is 0 Å². The molecule has 1 heterocycles. The van der Waals surface area contributed by atoms with Crippen LogP contribution in [0, 0.1) is 0 Å². The Balaban J connectivity index is 1.44. The number of aromatic nitrogens is 3. The van der Waals surface area contributed by atoms with Crippen molar-refractivity contribution in [2.24, 2.45) is 0 Å². The molecule has 3 heteroatoms. The average Bonchev–Trinajstić information content (AvgIpc) is 3.07. The van der Waals surface area contributed by atoms with Crippen molar-refractivity contribution in [3.63, 3.8) is 0 Å². The van der Waals surface area contributed by atoms with Gasteiger partial charge in [-0.1, -0.05) is 131 Å². The second-order valence-corrected chi connectivity index (χ2v) is 13.2. The van der Waals surface area contributed by atoms with Crippen LogP contribution in [-0.4, -0.2) is 15.0 Å². The van der Waals surface area contributed by atoms with E-state index < -0.39 is 0 Å². The summed E-state index contributed by atoms with van der Waals surface area (Å²) in [4.78, 5) is 15.3. The molecule has 0 fully saturated rings. The Bertz CT molecular complexity index is 1880. The SMILES string of the molecule is CC1(C)CCC(C)(C)c2cc(-c3nc(-c4ccccc4)nc(-c4cc(-c5ccccc5)cc(-c5ccccc5)c4)n3)ccc21. The summed E-state index contributed by atoms with van der Waals surface area (Å²) in [6.45, 7) is 9.44. The topological polar surface area (TPSA) is 38.7 Å². The van der Waals surface area contributed by atoms with E-state index in [0.29, 0.717) is 17.5 Å². The lowest BCUT2D eigenvalue weighted by Crippen LogP contribution is -2.33. The van der Waals surface area contributed by atoms with Crippen molar-refractivity contribution in [1.82, 2.24) is 15.0 Å². The molecule has 0 bridgehead atoms. The minimum atomic E-state index is 0.0909. The van der Waals surface area contributed by atoms with E-state index in [9.17, 15) is 0 Å². The zero-order valence-corrected chi connectivity index (χ0v) is 25.9. The van der Waals surface area contributed by atoms with Gasteiger partial charge in [-0.15, -0.1) is 0 Å². The second-order valence-electron chi connectivity index (χ2n) is 13.2. The highest BCUT2D eigenvalue weighted by molar-refractivity contribution is 5.80. The number of hydrogen-bond acceptors (Lipinski definition) is 3. The van der Waals surface area contributed by atoms with E-state index in [2.05, 4.69) is 137 Å². The third-order valence-corrected chi connectivity index (χ3v) is 9.18. The quantitative estimate of drug-likeness (QED) is 0.207. The fraction of sp³-hybridized carbons (Fsp3) is 0.195. The third kappa shape index (κ3) is 5.35. The predicted molar refractivity (Wildman–Crippen MR) is 182 cm³/mol. The Kier molecular flexibility index (Phi) is 6.97. The number of benzene rings is 5. The predicted octanol–water partition coefficient (Wildman–Crippen LogP) is 10.6. The third-order valence-electron chi connectivity index (χ3n) is 9.18. The minimum Gasteiger partial charge on any atom is -0.208 e. The van der Waals surface area contributed by atoms with Gasteiger partial charge in [0, 0.05) is 16.7 Å². The van der Waals surface area contributed by atoms with Crippen molar-refractivity contribution in [2.75, 3.05) is 0 Å². The molecule has 1 aliphatic carbocycles. The first-order valence-corrected chi connectivity index (χ1v) is 15.5. The van der Waals surface area contributed by atoms with Crippen LogP contribution in [-0.2, 0) is 10.8 Å². The first-order chi connectivity index (χ1) is 21.3. The van der Waals surface area contributed by atoms with Gasteiger partial charge in [-0.25, -0.2) is 15.0 Å². The summed E-state index contributed by atoms with van der Waals surface area (Å²) in [5.41, 5.74) is 10.6. The molecule has 1 aromatic heterocycles. The van der Waals surface area contributed by atoms with Crippen LogP contribution in [0.5, 0.6) is 0 Å². The maximum Gasteiger partial charge on any atom is 0.164 e. The van der Waals surface area contributed by atoms with Gasteiger partial charge in [0.1, 0.15) is 0 Å². The molecule has 1 aliphatic rings. The summed E-state index contributed by atoms with van der Waals surface area (Å²) < 4.78 is 0. The molecule has 7 rings (SSSR count). The summed E-state index contributed by atoms with van der Waals surface area (Å²) in [6.07, 6.45) is 2.34. The van der Waals surface area contributed by atoms with Crippen molar-refractivity contribution in [2.45, 2.75) is 51.4 Å². The summed E-state index contributed by atoms with van der Waals surface area (Å²) in [6, 6.07) is 44.8. The Morgan fingerprint density at radius 1 is 0.364 bits per heavy atom. The highest BCUT2D eigenvalue weighted by Gasteiger charge is 2.37. The van der Waals surface area contributed by atoms with Gasteiger partial charge in [0.05, 0.1) is 0 Å². The molecule has 0 saturated heterocycles. The van der Waals surface area contributed by atoms with E-state index in [1.54, 1.807) is 0 Å². The Morgan fingerprint density at radius 2 is 0.773 bits per heavy atom. The molecule has 0 N–H and O–H groups in total. The number of hydrogen-bond donors (Lipinski definition) is 0. The molecule has 0 radical (unpaired) electrons. The lowest BCUT2D eigenvalue weighted by molar-refractivity contribution is 0.332. The molecule has 3 nitrogen and oxygen atoms in total. The van der Waals surface area contributed by atoms with Gasteiger partial charge in [-0.05, 0) is 81.3 Å². The van der Waals surface area contributed by atoms with Crippen LogP contribution < -0.4 is 0 Å². The van der Waals surface area contributed by atoms with Crippen LogP contribution in [0.15, 0.2) is 127 Å². The summed E-state index contributed by atoms with van der Waals surface area (Å²) in [7, 11) is 0. The van der Waals surface area contributed by atoms with Crippen molar-refractivity contribution in [3.05, 3.63) is 139 Å². The van der Waals surface area contributed by atoms with Crippen LogP contribution in [0.25, 0.3) is 56.4 Å². The zero-order valence-electron chi connectivity index (χ0n) is 25.9. The molecular weight excluding hydrogens is 534 g/mol. The van der Waals surface area contributed by atoms with Gasteiger partial charge in [-0.2, -0.15) is 0 Å². The molecule has 0 amide bonds. The Labute approximate surface area is 260 Å². The van der Waals surface area contributed by atoms with E-state index in [1.165, 1.54) is 17.5 Å². The second kappa shape index (κ2) is 11.0. The number of rotatable bonds is 5. The zero-order chi connectivity index (χ0) is 30.3. The standard InChI is InChI=1S/C41H37N3/c1-40(2)22-23-41(3,4)36-27-31(20-21-35(36)40)38-42-37(30-18-12-7-13-19-30)43-39(44-38)34-25-32(28-14-8-5-9-15-28)24-33(26-34)29-16-10-6-11-17-29/h5-21,24-27H,22-23H2,1-4H3. The molecule has 6 aromatic rings. The highest BCUT2D eigenvalue weighted by atomic mass is 15.0. The van der Waals surface area contributed by atoms with E-state index in [1.807, 2.05) is 18.2 Å². The maximum atomic E-state index is 5.18. The highest BCUT2D eigenvalue weighted by Crippen LogP contribution is 2.46. The van der Waals surface area contributed by atoms with Gasteiger partial charge in [-0.3, -0.25) is 0 Å². The lowest BCUT2D eigenvalue weighted by atomic mass is 9.63. The van der Waals surface area contributed by atoms with Gasteiger partial charge in [0.15, 0.2) is 17.5 Å². The van der Waals surface area contributed by atoms with Crippen molar-refractivity contribution < 1.29 is 0 Å². The normalized spacial score (nSPS) is 15.0. The molecule has 0 atom stereocenters. The lowest BCUT2D eigenvalue weighted by Gasteiger charge is -2.42. The summed E-state index contributed by atoms with van der Waals surface area (Å²) in [5.74, 6) is 2.04. The van der Waals surface area contributed by atoms with E-state index >= 15 is 0 Å². The monoisotopic (exact) mass is 571 g/mol. The molecule has 0 aliphatic heterocycles. The maximum absolute atomic E-state index is 5.18. The first-order valence-electron chi connectivity index (χ1n) is 15.5. The van der Waals surface area contributed by atoms with Crippen molar-refractivity contribution >= 4 is 0 Å². The minimum absolute atomic E-state index is 0.0909. The van der Waals surface area contributed by atoms with Crippen molar-refractivity contribution in [1.29, 1.82) is 0 Å². The Morgan fingerprint density at radius 3 is 1.30 bits per heavy atom.